The van der Waals surface area contributed by atoms with Gasteiger partial charge in [0.2, 0.25) is 5.95 Å². The number of halogens is 4. The van der Waals surface area contributed by atoms with Crippen LogP contribution in [0.4, 0.5) is 35.0 Å². The molecule has 0 unspecified atom stereocenters. The van der Waals surface area contributed by atoms with Gasteiger partial charge in [0.15, 0.2) is 11.4 Å². The van der Waals surface area contributed by atoms with Crippen LogP contribution < -0.4 is 16.5 Å². The first-order valence-corrected chi connectivity index (χ1v) is 11.0. The summed E-state index contributed by atoms with van der Waals surface area (Å²) in [6.45, 7) is 1.81. The summed E-state index contributed by atoms with van der Waals surface area (Å²) in [5, 5.41) is 10.1. The van der Waals surface area contributed by atoms with Crippen LogP contribution >= 0.6 is 0 Å². The number of anilines is 3. The standard InChI is InChI=1S/C23H17FN6O2.C2HF3O2/c1-14-12-26-22(27-16-8-9-17(18(24)11-16)15-5-4-10-25-13-15)28-21(14)29-30-19-6-2-3-7-20(19)32-23(30)31;3-2(4,5)1(6)7/h2-13H,1H3,(H2,26,27,28,29);(H,6,7). The Morgan fingerprint density at radius 2 is 1.82 bits per heavy atom. The largest absolute Gasteiger partial charge is 0.490 e. The van der Waals surface area contributed by atoms with Crippen LogP contribution in [0.25, 0.3) is 22.2 Å². The quantitative estimate of drug-likeness (QED) is 0.258. The van der Waals surface area contributed by atoms with Crippen molar-refractivity contribution in [3.8, 4) is 11.1 Å². The summed E-state index contributed by atoms with van der Waals surface area (Å²) in [5.41, 5.74) is 6.34. The Bertz CT molecular complexity index is 1690. The number of hydrogen-bond acceptors (Lipinski definition) is 8. The third-order valence-electron chi connectivity index (χ3n) is 5.12. The molecular formula is C25H18F4N6O4. The summed E-state index contributed by atoms with van der Waals surface area (Å²) < 4.78 is 52.9. The smallest absolute Gasteiger partial charge is 0.475 e. The van der Waals surface area contributed by atoms with Gasteiger partial charge in [-0.3, -0.25) is 10.4 Å². The Balaban J connectivity index is 0.000000448. The highest BCUT2D eigenvalue weighted by Crippen LogP contribution is 2.26. The second kappa shape index (κ2) is 11.0. The van der Waals surface area contributed by atoms with Crippen molar-refractivity contribution < 1.29 is 31.9 Å². The molecule has 39 heavy (non-hydrogen) atoms. The van der Waals surface area contributed by atoms with Crippen LogP contribution in [0.15, 0.2) is 82.4 Å². The molecule has 0 aliphatic rings. The number of rotatable bonds is 5. The fourth-order valence-corrected chi connectivity index (χ4v) is 3.27. The van der Waals surface area contributed by atoms with E-state index in [1.165, 1.54) is 10.7 Å². The number of aryl methyl sites for hydroxylation is 1. The minimum absolute atomic E-state index is 0.243. The molecule has 3 heterocycles. The van der Waals surface area contributed by atoms with Crippen molar-refractivity contribution in [3.05, 3.63) is 95.1 Å². The maximum atomic E-state index is 14.7. The number of para-hydroxylation sites is 2. The minimum Gasteiger partial charge on any atom is -0.475 e. The summed E-state index contributed by atoms with van der Waals surface area (Å²) in [7, 11) is 0. The van der Waals surface area contributed by atoms with E-state index in [2.05, 4.69) is 25.7 Å². The number of hydrogen-bond donors (Lipinski definition) is 3. The fourth-order valence-electron chi connectivity index (χ4n) is 3.27. The minimum atomic E-state index is -5.08. The number of aromatic nitrogens is 4. The van der Waals surface area contributed by atoms with Gasteiger partial charge in [0.25, 0.3) is 0 Å². The van der Waals surface area contributed by atoms with Crippen LogP contribution in [0.1, 0.15) is 5.56 Å². The molecule has 0 bridgehead atoms. The number of pyridine rings is 1. The third kappa shape index (κ3) is 6.36. The SMILES string of the molecule is Cc1cnc(Nc2ccc(-c3cccnc3)c(F)c2)nc1Nn1c(=O)oc2ccccc21.O=C(O)C(F)(F)F. The molecule has 0 fully saturated rings. The van der Waals surface area contributed by atoms with Crippen molar-refractivity contribution in [1.29, 1.82) is 0 Å². The van der Waals surface area contributed by atoms with Crippen molar-refractivity contribution in [2.24, 2.45) is 0 Å². The third-order valence-corrected chi connectivity index (χ3v) is 5.12. The molecule has 200 valence electrons. The molecule has 0 aliphatic carbocycles. The summed E-state index contributed by atoms with van der Waals surface area (Å²) in [6.07, 6.45) is -0.239. The predicted molar refractivity (Wildman–Crippen MR) is 133 cm³/mol. The summed E-state index contributed by atoms with van der Waals surface area (Å²) in [5.74, 6) is -3.07. The van der Waals surface area contributed by atoms with Gasteiger partial charge in [-0.2, -0.15) is 22.8 Å². The number of nitrogens with one attached hydrogen (secondary N) is 2. The maximum Gasteiger partial charge on any atom is 0.490 e. The van der Waals surface area contributed by atoms with E-state index < -0.39 is 23.7 Å². The Morgan fingerprint density at radius 1 is 1.08 bits per heavy atom. The molecule has 14 heteroatoms. The number of oxazole rings is 1. The molecule has 0 saturated heterocycles. The topological polar surface area (TPSA) is 135 Å². The van der Waals surface area contributed by atoms with Gasteiger partial charge < -0.3 is 14.8 Å². The first kappa shape index (κ1) is 26.8. The van der Waals surface area contributed by atoms with E-state index in [9.17, 15) is 22.4 Å². The number of alkyl halides is 3. The summed E-state index contributed by atoms with van der Waals surface area (Å²) in [6, 6.07) is 15.4. The van der Waals surface area contributed by atoms with E-state index in [-0.39, 0.29) is 5.95 Å². The van der Waals surface area contributed by atoms with Gasteiger partial charge in [-0.15, -0.1) is 0 Å². The average molecular weight is 542 g/mol. The van der Waals surface area contributed by atoms with Crippen LogP contribution in [-0.4, -0.2) is 36.9 Å². The first-order chi connectivity index (χ1) is 18.5. The number of benzene rings is 2. The van der Waals surface area contributed by atoms with Crippen LogP contribution in [0.5, 0.6) is 0 Å². The molecule has 0 saturated carbocycles. The predicted octanol–water partition coefficient (Wildman–Crippen LogP) is 5.15. The molecule has 3 aromatic heterocycles. The zero-order chi connectivity index (χ0) is 28.2. The maximum absolute atomic E-state index is 14.7. The van der Waals surface area contributed by atoms with Gasteiger partial charge in [-0.05, 0) is 43.3 Å². The van der Waals surface area contributed by atoms with E-state index >= 15 is 0 Å². The normalized spacial score (nSPS) is 11.0. The van der Waals surface area contributed by atoms with Crippen molar-refractivity contribution >= 4 is 34.5 Å². The van der Waals surface area contributed by atoms with E-state index in [1.807, 2.05) is 6.92 Å². The molecule has 0 amide bonds. The Hall–Kier alpha value is -5.27. The van der Waals surface area contributed by atoms with Crippen LogP contribution in [-0.2, 0) is 4.79 Å². The molecule has 0 atom stereocenters. The van der Waals surface area contributed by atoms with E-state index in [0.717, 1.165) is 0 Å². The lowest BCUT2D eigenvalue weighted by Crippen LogP contribution is -2.23. The van der Waals surface area contributed by atoms with Crippen LogP contribution in [0.2, 0.25) is 0 Å². The van der Waals surface area contributed by atoms with Crippen molar-refractivity contribution in [1.82, 2.24) is 19.6 Å². The van der Waals surface area contributed by atoms with Gasteiger partial charge in [-0.1, -0.05) is 18.2 Å². The highest BCUT2D eigenvalue weighted by Gasteiger charge is 2.38. The Labute approximate surface area is 216 Å². The van der Waals surface area contributed by atoms with Gasteiger partial charge in [0.1, 0.15) is 11.3 Å². The van der Waals surface area contributed by atoms with Gasteiger partial charge in [0, 0.05) is 41.0 Å². The molecular weight excluding hydrogens is 524 g/mol. The number of nitrogens with zero attached hydrogens (tertiary/aromatic N) is 4. The molecule has 5 rings (SSSR count). The van der Waals surface area contributed by atoms with E-state index in [4.69, 9.17) is 14.3 Å². The van der Waals surface area contributed by atoms with Gasteiger partial charge in [-0.25, -0.2) is 19.0 Å². The van der Waals surface area contributed by atoms with E-state index in [0.29, 0.717) is 39.3 Å². The molecule has 0 aliphatic heterocycles. The summed E-state index contributed by atoms with van der Waals surface area (Å²) >= 11 is 0. The van der Waals surface area contributed by atoms with E-state index in [1.54, 1.807) is 67.1 Å². The van der Waals surface area contributed by atoms with Crippen molar-refractivity contribution in [2.75, 3.05) is 10.7 Å². The van der Waals surface area contributed by atoms with Gasteiger partial charge in [0.05, 0.1) is 0 Å². The zero-order valence-electron chi connectivity index (χ0n) is 19.9. The molecule has 5 aromatic rings. The second-order valence-corrected chi connectivity index (χ2v) is 7.87. The number of aliphatic carboxylic acids is 1. The van der Waals surface area contributed by atoms with Crippen molar-refractivity contribution in [2.45, 2.75) is 13.1 Å². The second-order valence-electron chi connectivity index (χ2n) is 7.87. The fraction of sp³-hybridized carbons (Fsp3) is 0.0800. The van der Waals surface area contributed by atoms with Crippen LogP contribution in [0.3, 0.4) is 0 Å². The Kier molecular flexibility index (Phi) is 7.56. The highest BCUT2D eigenvalue weighted by molar-refractivity contribution is 5.74. The first-order valence-electron chi connectivity index (χ1n) is 11.0. The monoisotopic (exact) mass is 542 g/mol. The van der Waals surface area contributed by atoms with Gasteiger partial charge >= 0.3 is 17.9 Å². The Morgan fingerprint density at radius 3 is 2.49 bits per heavy atom. The lowest BCUT2D eigenvalue weighted by molar-refractivity contribution is -0.192. The lowest BCUT2D eigenvalue weighted by atomic mass is 10.1. The molecule has 2 aromatic carbocycles. The molecule has 10 nitrogen and oxygen atoms in total. The molecule has 0 radical (unpaired) electrons. The van der Waals surface area contributed by atoms with Crippen molar-refractivity contribution in [3.63, 3.8) is 0 Å². The molecule has 0 spiro atoms. The molecule has 3 N–H and O–H groups in total. The number of carboxylic acid groups (broad SMARTS) is 1. The zero-order valence-corrected chi connectivity index (χ0v) is 19.9. The number of fused-ring (bicyclic) bond motifs is 1. The number of carbonyl (C=O) groups is 1. The number of carboxylic acids is 1. The van der Waals surface area contributed by atoms with Crippen LogP contribution in [0, 0.1) is 12.7 Å². The lowest BCUT2D eigenvalue weighted by Gasteiger charge is -2.12. The average Bonchev–Trinajstić information content (AvgIpc) is 3.21. The highest BCUT2D eigenvalue weighted by atomic mass is 19.4. The summed E-state index contributed by atoms with van der Waals surface area (Å²) in [4.78, 5) is 33.9.